The summed E-state index contributed by atoms with van der Waals surface area (Å²) in [5.74, 6) is 3.33. The van der Waals surface area contributed by atoms with Crippen LogP contribution in [0.4, 0.5) is 5.82 Å². The molecule has 3 heterocycles. The van der Waals surface area contributed by atoms with Gasteiger partial charge in [0.1, 0.15) is 17.4 Å². The number of anilines is 1. The molecule has 4 rings (SSSR count). The molecule has 3 aromatic rings. The van der Waals surface area contributed by atoms with Crippen LogP contribution in [-0.2, 0) is 19.4 Å². The molecule has 0 fully saturated rings. The van der Waals surface area contributed by atoms with Crippen LogP contribution in [0, 0.1) is 6.92 Å². The van der Waals surface area contributed by atoms with Gasteiger partial charge in [0.2, 0.25) is 0 Å². The van der Waals surface area contributed by atoms with E-state index in [0.29, 0.717) is 12.3 Å². The summed E-state index contributed by atoms with van der Waals surface area (Å²) in [6.45, 7) is 2.53. The first-order valence-corrected chi connectivity index (χ1v) is 7.32. The molecule has 3 aromatic heterocycles. The predicted octanol–water partition coefficient (Wildman–Crippen LogP) is 2.52. The van der Waals surface area contributed by atoms with Crippen molar-refractivity contribution in [2.24, 2.45) is 0 Å². The van der Waals surface area contributed by atoms with E-state index >= 15 is 0 Å². The lowest BCUT2D eigenvalue weighted by Crippen LogP contribution is -2.15. The molecule has 108 valence electrons. The lowest BCUT2D eigenvalue weighted by atomic mass is 9.96. The molecule has 0 spiro atoms. The van der Waals surface area contributed by atoms with Crippen LogP contribution in [0.25, 0.3) is 5.78 Å². The summed E-state index contributed by atoms with van der Waals surface area (Å²) in [6.07, 6.45) is 6.14. The molecule has 0 atom stereocenters. The van der Waals surface area contributed by atoms with Gasteiger partial charge in [0.15, 0.2) is 0 Å². The van der Waals surface area contributed by atoms with E-state index in [2.05, 4.69) is 20.4 Å². The molecule has 0 amide bonds. The van der Waals surface area contributed by atoms with E-state index in [9.17, 15) is 0 Å². The Balaban J connectivity index is 1.80. The van der Waals surface area contributed by atoms with E-state index in [1.54, 1.807) is 6.26 Å². The van der Waals surface area contributed by atoms with Crippen LogP contribution in [0.1, 0.15) is 35.7 Å². The van der Waals surface area contributed by atoms with Gasteiger partial charge in [-0.1, -0.05) is 0 Å². The molecule has 0 saturated heterocycles. The molecule has 6 heteroatoms. The zero-order valence-corrected chi connectivity index (χ0v) is 12.0. The first-order chi connectivity index (χ1) is 10.3. The van der Waals surface area contributed by atoms with Gasteiger partial charge in [0.05, 0.1) is 18.5 Å². The summed E-state index contributed by atoms with van der Waals surface area (Å²) in [4.78, 5) is 9.07. The van der Waals surface area contributed by atoms with E-state index in [0.717, 1.165) is 35.9 Å². The molecule has 0 aliphatic heterocycles. The summed E-state index contributed by atoms with van der Waals surface area (Å²) < 4.78 is 7.21. The summed E-state index contributed by atoms with van der Waals surface area (Å²) >= 11 is 0. The van der Waals surface area contributed by atoms with Crippen molar-refractivity contribution in [1.29, 1.82) is 0 Å². The number of rotatable bonds is 3. The average Bonchev–Trinajstić information content (AvgIpc) is 3.11. The number of aryl methyl sites for hydroxylation is 2. The van der Waals surface area contributed by atoms with Gasteiger partial charge < -0.3 is 9.73 Å². The number of nitrogens with one attached hydrogen (secondary N) is 1. The quantitative estimate of drug-likeness (QED) is 0.800. The summed E-state index contributed by atoms with van der Waals surface area (Å²) in [7, 11) is 0. The fourth-order valence-corrected chi connectivity index (χ4v) is 2.91. The first-order valence-electron chi connectivity index (χ1n) is 7.32. The molecule has 0 bridgehead atoms. The molecular formula is C15H17N5O. The highest BCUT2D eigenvalue weighted by Crippen LogP contribution is 2.27. The van der Waals surface area contributed by atoms with Gasteiger partial charge in [0.25, 0.3) is 5.78 Å². The lowest BCUT2D eigenvalue weighted by molar-refractivity contribution is 0.517. The number of aromatic nitrogens is 4. The SMILES string of the molecule is Cc1nc2nc3c(c(NCc4ccco4)n2n1)CCCC3. The Morgan fingerprint density at radius 2 is 2.19 bits per heavy atom. The molecule has 0 radical (unpaired) electrons. The largest absolute Gasteiger partial charge is 0.467 e. The highest BCUT2D eigenvalue weighted by atomic mass is 16.3. The van der Waals surface area contributed by atoms with Crippen LogP contribution >= 0.6 is 0 Å². The minimum atomic E-state index is 0.636. The Labute approximate surface area is 122 Å². The van der Waals surface area contributed by atoms with Crippen molar-refractivity contribution in [1.82, 2.24) is 19.6 Å². The fraction of sp³-hybridized carbons (Fsp3) is 0.400. The molecule has 6 nitrogen and oxygen atoms in total. The van der Waals surface area contributed by atoms with E-state index < -0.39 is 0 Å². The van der Waals surface area contributed by atoms with E-state index in [1.807, 2.05) is 23.6 Å². The minimum Gasteiger partial charge on any atom is -0.467 e. The maximum Gasteiger partial charge on any atom is 0.254 e. The second-order valence-corrected chi connectivity index (χ2v) is 5.40. The Hall–Kier alpha value is -2.37. The molecule has 1 aliphatic carbocycles. The van der Waals surface area contributed by atoms with E-state index in [4.69, 9.17) is 4.42 Å². The molecular weight excluding hydrogens is 266 g/mol. The van der Waals surface area contributed by atoms with Crippen LogP contribution < -0.4 is 5.32 Å². The molecule has 0 unspecified atom stereocenters. The van der Waals surface area contributed by atoms with E-state index in [-0.39, 0.29) is 0 Å². The number of furan rings is 1. The molecule has 0 saturated carbocycles. The fourth-order valence-electron chi connectivity index (χ4n) is 2.91. The summed E-state index contributed by atoms with van der Waals surface area (Å²) in [5, 5.41) is 7.93. The van der Waals surface area contributed by atoms with Gasteiger partial charge >= 0.3 is 0 Å². The van der Waals surface area contributed by atoms with Crippen molar-refractivity contribution < 1.29 is 4.42 Å². The van der Waals surface area contributed by atoms with Crippen LogP contribution in [0.15, 0.2) is 22.8 Å². The molecule has 1 N–H and O–H groups in total. The topological polar surface area (TPSA) is 68.2 Å². The number of nitrogens with zero attached hydrogens (tertiary/aromatic N) is 4. The minimum absolute atomic E-state index is 0.636. The smallest absolute Gasteiger partial charge is 0.254 e. The van der Waals surface area contributed by atoms with Crippen LogP contribution in [0.5, 0.6) is 0 Å². The van der Waals surface area contributed by atoms with Gasteiger partial charge in [-0.25, -0.2) is 4.98 Å². The number of hydrogen-bond acceptors (Lipinski definition) is 5. The van der Waals surface area contributed by atoms with Crippen LogP contribution in [-0.4, -0.2) is 19.6 Å². The molecule has 21 heavy (non-hydrogen) atoms. The van der Waals surface area contributed by atoms with Crippen LogP contribution in [0.2, 0.25) is 0 Å². The monoisotopic (exact) mass is 283 g/mol. The maximum atomic E-state index is 5.39. The van der Waals surface area contributed by atoms with Gasteiger partial charge in [-0.3, -0.25) is 0 Å². The van der Waals surface area contributed by atoms with Crippen molar-refractivity contribution in [2.45, 2.75) is 39.2 Å². The van der Waals surface area contributed by atoms with Crippen molar-refractivity contribution >= 4 is 11.6 Å². The third kappa shape index (κ3) is 2.16. The third-order valence-corrected chi connectivity index (χ3v) is 3.88. The second-order valence-electron chi connectivity index (χ2n) is 5.40. The maximum absolute atomic E-state index is 5.39. The van der Waals surface area contributed by atoms with Gasteiger partial charge in [0, 0.05) is 5.56 Å². The van der Waals surface area contributed by atoms with E-state index in [1.165, 1.54) is 18.4 Å². The third-order valence-electron chi connectivity index (χ3n) is 3.88. The van der Waals surface area contributed by atoms with Gasteiger partial charge in [-0.15, -0.1) is 5.10 Å². The lowest BCUT2D eigenvalue weighted by Gasteiger charge is -2.19. The Kier molecular flexibility index (Phi) is 2.87. The number of fused-ring (bicyclic) bond motifs is 2. The Morgan fingerprint density at radius 3 is 3.05 bits per heavy atom. The van der Waals surface area contributed by atoms with Gasteiger partial charge in [-0.2, -0.15) is 9.50 Å². The zero-order chi connectivity index (χ0) is 14.2. The normalized spacial score (nSPS) is 14.3. The number of hydrogen-bond donors (Lipinski definition) is 1. The zero-order valence-electron chi connectivity index (χ0n) is 12.0. The molecule has 1 aliphatic rings. The van der Waals surface area contributed by atoms with Gasteiger partial charge in [-0.05, 0) is 44.7 Å². The Morgan fingerprint density at radius 1 is 1.29 bits per heavy atom. The average molecular weight is 283 g/mol. The highest BCUT2D eigenvalue weighted by molar-refractivity contribution is 5.54. The summed E-state index contributed by atoms with van der Waals surface area (Å²) in [5.41, 5.74) is 2.42. The van der Waals surface area contributed by atoms with Crippen molar-refractivity contribution in [3.8, 4) is 0 Å². The van der Waals surface area contributed by atoms with Crippen molar-refractivity contribution in [3.63, 3.8) is 0 Å². The Bertz CT molecular complexity index is 775. The first kappa shape index (κ1) is 12.4. The highest BCUT2D eigenvalue weighted by Gasteiger charge is 2.20. The van der Waals surface area contributed by atoms with Crippen molar-refractivity contribution in [3.05, 3.63) is 41.2 Å². The van der Waals surface area contributed by atoms with Crippen molar-refractivity contribution in [2.75, 3.05) is 5.32 Å². The second kappa shape index (κ2) is 4.87. The standard InChI is InChI=1S/C15H17N5O/c1-10-17-15-18-13-7-3-2-6-12(13)14(20(15)19-10)16-9-11-5-4-8-21-11/h4-5,8,16H,2-3,6-7,9H2,1H3. The predicted molar refractivity (Wildman–Crippen MR) is 78.2 cm³/mol. The van der Waals surface area contributed by atoms with Crippen LogP contribution in [0.3, 0.4) is 0 Å². The molecule has 0 aromatic carbocycles. The summed E-state index contributed by atoms with van der Waals surface area (Å²) in [6, 6.07) is 3.86.